The van der Waals surface area contributed by atoms with Gasteiger partial charge in [0, 0.05) is 11.5 Å². The van der Waals surface area contributed by atoms with Gasteiger partial charge in [0.25, 0.3) is 0 Å². The molecule has 1 heterocycles. The zero-order valence-corrected chi connectivity index (χ0v) is 20.2. The molecule has 1 aliphatic heterocycles. The lowest BCUT2D eigenvalue weighted by Crippen LogP contribution is -2.16. The molecule has 4 unspecified atom stereocenters. The van der Waals surface area contributed by atoms with Crippen molar-refractivity contribution in [3.63, 3.8) is 0 Å². The first-order valence-electron chi connectivity index (χ1n) is 11.4. The van der Waals surface area contributed by atoms with Crippen LogP contribution in [0.5, 0.6) is 34.5 Å². The molecule has 0 fully saturated rings. The molecule has 3 aromatic rings. The Bertz CT molecular complexity index is 1230. The maximum Gasteiger partial charge on any atom is 0.165 e. The summed E-state index contributed by atoms with van der Waals surface area (Å²) in [6.07, 6.45) is -1.73. The van der Waals surface area contributed by atoms with E-state index in [0.717, 1.165) is 0 Å². The number of ether oxygens (including phenoxy) is 4. The van der Waals surface area contributed by atoms with Crippen LogP contribution in [0.1, 0.15) is 46.3 Å². The largest absolute Gasteiger partial charge is 0.504 e. The predicted octanol–water partition coefficient (Wildman–Crippen LogP) is 3.14. The second-order valence-corrected chi connectivity index (χ2v) is 8.57. The lowest BCUT2D eigenvalue weighted by atomic mass is 9.86. The summed E-state index contributed by atoms with van der Waals surface area (Å²) in [6, 6.07) is 12.8. The van der Waals surface area contributed by atoms with Gasteiger partial charge in [-0.25, -0.2) is 0 Å². The molecular weight excluding hydrogens is 468 g/mol. The second-order valence-electron chi connectivity index (χ2n) is 8.57. The van der Waals surface area contributed by atoms with Crippen molar-refractivity contribution < 1.29 is 44.5 Å². The molecule has 0 aliphatic carbocycles. The normalized spacial score (nSPS) is 18.2. The maximum atomic E-state index is 11.3. The van der Waals surface area contributed by atoms with E-state index in [1.54, 1.807) is 36.4 Å². The zero-order valence-electron chi connectivity index (χ0n) is 20.2. The summed E-state index contributed by atoms with van der Waals surface area (Å²) in [6.45, 7) is -0.619. The molecule has 0 spiro atoms. The van der Waals surface area contributed by atoms with Gasteiger partial charge in [0.1, 0.15) is 6.10 Å². The average molecular weight is 499 g/mol. The minimum absolute atomic E-state index is 0.0128. The number of phenolic OH excluding ortho intramolecular Hbond substituents is 2. The third-order valence-electron chi connectivity index (χ3n) is 6.62. The molecule has 0 saturated heterocycles. The number of methoxy groups -OCH3 is 3. The zero-order chi connectivity index (χ0) is 26.0. The fourth-order valence-corrected chi connectivity index (χ4v) is 4.65. The van der Waals surface area contributed by atoms with E-state index in [-0.39, 0.29) is 36.2 Å². The van der Waals surface area contributed by atoms with Crippen LogP contribution in [0.15, 0.2) is 48.5 Å². The lowest BCUT2D eigenvalue weighted by molar-refractivity contribution is 0.106. The van der Waals surface area contributed by atoms with Crippen molar-refractivity contribution in [3.05, 3.63) is 70.8 Å². The fraction of sp³-hybridized carbons (Fsp3) is 0.333. The second kappa shape index (κ2) is 10.5. The summed E-state index contributed by atoms with van der Waals surface area (Å²) in [5.74, 6) is 0.0378. The summed E-state index contributed by atoms with van der Waals surface area (Å²) in [5, 5.41) is 51.6. The molecule has 192 valence electrons. The molecule has 0 amide bonds. The van der Waals surface area contributed by atoms with Gasteiger partial charge < -0.3 is 44.5 Å². The highest BCUT2D eigenvalue weighted by molar-refractivity contribution is 5.56. The van der Waals surface area contributed by atoms with Gasteiger partial charge in [-0.05, 0) is 53.1 Å². The molecular formula is C27H30O9. The van der Waals surface area contributed by atoms with Crippen molar-refractivity contribution in [1.82, 2.24) is 0 Å². The van der Waals surface area contributed by atoms with Gasteiger partial charge in [0.15, 0.2) is 34.5 Å². The third-order valence-corrected chi connectivity index (χ3v) is 6.62. The minimum Gasteiger partial charge on any atom is -0.504 e. The fourth-order valence-electron chi connectivity index (χ4n) is 4.65. The molecule has 3 aromatic carbocycles. The Morgan fingerprint density at radius 3 is 2.03 bits per heavy atom. The van der Waals surface area contributed by atoms with E-state index in [4.69, 9.17) is 18.9 Å². The van der Waals surface area contributed by atoms with Gasteiger partial charge in [0.05, 0.1) is 46.6 Å². The van der Waals surface area contributed by atoms with Crippen molar-refractivity contribution in [2.75, 3.05) is 34.5 Å². The number of hydrogen-bond acceptors (Lipinski definition) is 9. The van der Waals surface area contributed by atoms with Gasteiger partial charge >= 0.3 is 0 Å². The van der Waals surface area contributed by atoms with Crippen LogP contribution in [0, 0.1) is 0 Å². The molecule has 0 aromatic heterocycles. The van der Waals surface area contributed by atoms with Gasteiger partial charge in [-0.15, -0.1) is 0 Å². The van der Waals surface area contributed by atoms with Crippen molar-refractivity contribution in [3.8, 4) is 34.5 Å². The molecule has 1 aliphatic rings. The van der Waals surface area contributed by atoms with E-state index < -0.39 is 24.0 Å². The minimum atomic E-state index is -1.14. The van der Waals surface area contributed by atoms with E-state index in [9.17, 15) is 25.5 Å². The van der Waals surface area contributed by atoms with E-state index in [2.05, 4.69) is 0 Å². The predicted molar refractivity (Wildman–Crippen MR) is 130 cm³/mol. The Balaban J connectivity index is 1.73. The number of benzene rings is 3. The quantitative estimate of drug-likeness (QED) is 0.301. The number of rotatable bonds is 9. The first-order chi connectivity index (χ1) is 17.4. The SMILES string of the molecule is COc1cc(C(CO)C(O)c2cc(OC)c3c(c2)C(CO)C(c2ccc(O)c(OC)c2)O3)ccc1O. The number of aliphatic hydroxyl groups excluding tert-OH is 3. The molecule has 0 saturated carbocycles. The van der Waals surface area contributed by atoms with E-state index >= 15 is 0 Å². The standard InChI is InChI=1S/C27H30O9/c1-33-22-9-14(4-6-20(22)30)18(12-28)25(32)16-8-17-19(13-29)26(36-27(17)24(11-16)35-3)15-5-7-21(31)23(10-15)34-2/h4-11,18-19,25-26,28-32H,12-13H2,1-3H3. The number of fused-ring (bicyclic) bond motifs is 1. The first-order valence-corrected chi connectivity index (χ1v) is 11.4. The smallest absolute Gasteiger partial charge is 0.165 e. The van der Waals surface area contributed by atoms with Crippen LogP contribution < -0.4 is 18.9 Å². The molecule has 5 N–H and O–H groups in total. The van der Waals surface area contributed by atoms with Gasteiger partial charge in [-0.1, -0.05) is 12.1 Å². The third kappa shape index (κ3) is 4.48. The Labute approximate surface area is 208 Å². The highest BCUT2D eigenvalue weighted by Crippen LogP contribution is 2.52. The summed E-state index contributed by atoms with van der Waals surface area (Å²) in [7, 11) is 4.35. The monoisotopic (exact) mass is 498 g/mol. The van der Waals surface area contributed by atoms with Gasteiger partial charge in [-0.3, -0.25) is 0 Å². The topological polar surface area (TPSA) is 138 Å². The van der Waals surface area contributed by atoms with Crippen molar-refractivity contribution in [1.29, 1.82) is 0 Å². The summed E-state index contributed by atoms with van der Waals surface area (Å²) >= 11 is 0. The van der Waals surface area contributed by atoms with E-state index in [0.29, 0.717) is 33.8 Å². The summed E-state index contributed by atoms with van der Waals surface area (Å²) in [5.41, 5.74) is 2.36. The number of aliphatic hydroxyl groups is 3. The van der Waals surface area contributed by atoms with Crippen molar-refractivity contribution in [2.24, 2.45) is 0 Å². The molecule has 9 nitrogen and oxygen atoms in total. The van der Waals surface area contributed by atoms with Crippen LogP contribution in [0.4, 0.5) is 0 Å². The van der Waals surface area contributed by atoms with Crippen molar-refractivity contribution in [2.45, 2.75) is 24.0 Å². The summed E-state index contributed by atoms with van der Waals surface area (Å²) in [4.78, 5) is 0. The highest BCUT2D eigenvalue weighted by Gasteiger charge is 2.39. The Morgan fingerprint density at radius 2 is 1.42 bits per heavy atom. The number of aromatic hydroxyl groups is 2. The molecule has 36 heavy (non-hydrogen) atoms. The molecule has 4 atom stereocenters. The first kappa shape index (κ1) is 25.4. The van der Waals surface area contributed by atoms with E-state index in [1.165, 1.54) is 33.5 Å². The molecule has 4 rings (SSSR count). The number of hydrogen-bond donors (Lipinski definition) is 5. The molecule has 0 bridgehead atoms. The highest BCUT2D eigenvalue weighted by atomic mass is 16.5. The maximum absolute atomic E-state index is 11.3. The molecule has 9 heteroatoms. The van der Waals surface area contributed by atoms with Crippen LogP contribution in [0.3, 0.4) is 0 Å². The number of phenols is 2. The lowest BCUT2D eigenvalue weighted by Gasteiger charge is -2.24. The van der Waals surface area contributed by atoms with Crippen LogP contribution in [-0.2, 0) is 0 Å². The summed E-state index contributed by atoms with van der Waals surface area (Å²) < 4.78 is 22.2. The Kier molecular flexibility index (Phi) is 7.44. The average Bonchev–Trinajstić information content (AvgIpc) is 3.28. The van der Waals surface area contributed by atoms with Crippen molar-refractivity contribution >= 4 is 0 Å². The van der Waals surface area contributed by atoms with Crippen LogP contribution in [-0.4, -0.2) is 60.1 Å². The Hall–Kier alpha value is -3.66. The van der Waals surface area contributed by atoms with E-state index in [1.807, 2.05) is 0 Å². The molecule has 0 radical (unpaired) electrons. The van der Waals surface area contributed by atoms with Gasteiger partial charge in [-0.2, -0.15) is 0 Å². The van der Waals surface area contributed by atoms with Gasteiger partial charge in [0.2, 0.25) is 0 Å². The van der Waals surface area contributed by atoms with Crippen LogP contribution in [0.25, 0.3) is 0 Å². The Morgan fingerprint density at radius 1 is 0.806 bits per heavy atom. The van der Waals surface area contributed by atoms with Crippen LogP contribution in [0.2, 0.25) is 0 Å². The van der Waals surface area contributed by atoms with Crippen LogP contribution >= 0.6 is 0 Å².